The molecular weight excluding hydrogens is 442 g/mol. The minimum atomic E-state index is -0.230. The van der Waals surface area contributed by atoms with Gasteiger partial charge in [0, 0.05) is 46.0 Å². The van der Waals surface area contributed by atoms with Crippen molar-refractivity contribution in [2.45, 2.75) is 6.04 Å². The van der Waals surface area contributed by atoms with E-state index in [0.29, 0.717) is 75.4 Å². The molecular formula is C21H25N9O4. The third-order valence-electron chi connectivity index (χ3n) is 6.43. The first-order chi connectivity index (χ1) is 16.6. The van der Waals surface area contributed by atoms with Crippen LogP contribution in [0.3, 0.4) is 0 Å². The van der Waals surface area contributed by atoms with Crippen LogP contribution in [0.2, 0.25) is 0 Å². The maximum atomic E-state index is 13.4. The molecule has 3 aromatic heterocycles. The number of H-pyrrole nitrogens is 1. The van der Waals surface area contributed by atoms with Crippen LogP contribution in [0.1, 0.15) is 10.6 Å². The number of carbonyl (C=O) groups is 2. The van der Waals surface area contributed by atoms with Crippen LogP contribution in [0.5, 0.6) is 0 Å². The van der Waals surface area contributed by atoms with E-state index >= 15 is 0 Å². The van der Waals surface area contributed by atoms with Crippen molar-refractivity contribution < 1.29 is 19.1 Å². The SMILES string of the molecule is Cn1cc(-c2nc(N3CCOCC3)c3nc(C(=O)N4CCN5C(=O)COC[C@H]5C4)[nH]c3n2)cn1. The number of morpholine rings is 2. The summed E-state index contributed by atoms with van der Waals surface area (Å²) >= 11 is 0. The molecule has 6 rings (SSSR count). The Hall–Kier alpha value is -3.58. The molecule has 13 heteroatoms. The number of aromatic nitrogens is 6. The van der Waals surface area contributed by atoms with Crippen molar-refractivity contribution in [3.63, 3.8) is 0 Å². The second-order valence-electron chi connectivity index (χ2n) is 8.66. The lowest BCUT2D eigenvalue weighted by molar-refractivity contribution is -0.151. The molecule has 2 amide bonds. The van der Waals surface area contributed by atoms with Gasteiger partial charge in [-0.3, -0.25) is 14.3 Å². The number of nitrogens with one attached hydrogen (secondary N) is 1. The lowest BCUT2D eigenvalue weighted by Crippen LogP contribution is -2.61. The van der Waals surface area contributed by atoms with Crippen LogP contribution in [-0.4, -0.2) is 117 Å². The predicted octanol–water partition coefficient (Wildman–Crippen LogP) is -0.727. The van der Waals surface area contributed by atoms with Gasteiger partial charge in [-0.2, -0.15) is 5.10 Å². The fraction of sp³-hybridized carbons (Fsp3) is 0.524. The number of piperazine rings is 1. The fourth-order valence-electron chi connectivity index (χ4n) is 4.67. The lowest BCUT2D eigenvalue weighted by Gasteiger charge is -2.43. The smallest absolute Gasteiger partial charge is 0.289 e. The number of ether oxygens (including phenoxy) is 2. The Balaban J connectivity index is 1.34. The molecule has 0 bridgehead atoms. The average Bonchev–Trinajstić information content (AvgIpc) is 3.50. The highest BCUT2D eigenvalue weighted by atomic mass is 16.5. The van der Waals surface area contributed by atoms with Crippen molar-refractivity contribution in [1.29, 1.82) is 0 Å². The van der Waals surface area contributed by atoms with Crippen LogP contribution in [0.4, 0.5) is 5.82 Å². The molecule has 1 N–H and O–H groups in total. The second-order valence-corrected chi connectivity index (χ2v) is 8.66. The first kappa shape index (κ1) is 21.0. The van der Waals surface area contributed by atoms with Gasteiger partial charge in [-0.25, -0.2) is 15.0 Å². The molecule has 0 unspecified atom stereocenters. The Morgan fingerprint density at radius 2 is 1.97 bits per heavy atom. The van der Waals surface area contributed by atoms with Crippen molar-refractivity contribution in [2.75, 3.05) is 64.1 Å². The molecule has 6 heterocycles. The molecule has 178 valence electrons. The molecule has 34 heavy (non-hydrogen) atoms. The fourth-order valence-corrected chi connectivity index (χ4v) is 4.67. The van der Waals surface area contributed by atoms with Crippen molar-refractivity contribution >= 4 is 28.8 Å². The summed E-state index contributed by atoms with van der Waals surface area (Å²) in [5.41, 5.74) is 1.82. The summed E-state index contributed by atoms with van der Waals surface area (Å²) in [6, 6.07) is -0.135. The highest BCUT2D eigenvalue weighted by molar-refractivity contribution is 5.96. The number of aromatic amines is 1. The Bertz CT molecular complexity index is 1250. The Labute approximate surface area is 194 Å². The number of hydrogen-bond donors (Lipinski definition) is 1. The minimum Gasteiger partial charge on any atom is -0.378 e. The molecule has 3 aromatic rings. The molecule has 1 atom stereocenters. The third kappa shape index (κ3) is 3.66. The number of imidazole rings is 1. The summed E-state index contributed by atoms with van der Waals surface area (Å²) in [7, 11) is 1.84. The number of aryl methyl sites for hydroxylation is 1. The molecule has 0 aliphatic carbocycles. The van der Waals surface area contributed by atoms with Crippen molar-refractivity contribution in [3.05, 3.63) is 18.2 Å². The summed E-state index contributed by atoms with van der Waals surface area (Å²) in [6.07, 6.45) is 3.55. The summed E-state index contributed by atoms with van der Waals surface area (Å²) in [5, 5.41) is 4.23. The van der Waals surface area contributed by atoms with E-state index in [-0.39, 0.29) is 30.3 Å². The summed E-state index contributed by atoms with van der Waals surface area (Å²) < 4.78 is 12.6. The zero-order valence-corrected chi connectivity index (χ0v) is 18.8. The number of carbonyl (C=O) groups excluding carboxylic acids is 2. The number of anilines is 1. The number of hydrogen-bond acceptors (Lipinski definition) is 9. The maximum Gasteiger partial charge on any atom is 0.289 e. The summed E-state index contributed by atoms with van der Waals surface area (Å²) in [5.74, 6) is 1.13. The van der Waals surface area contributed by atoms with Gasteiger partial charge in [0.05, 0.1) is 37.6 Å². The Morgan fingerprint density at radius 1 is 1.12 bits per heavy atom. The zero-order valence-electron chi connectivity index (χ0n) is 18.8. The van der Waals surface area contributed by atoms with Gasteiger partial charge < -0.3 is 29.2 Å². The van der Waals surface area contributed by atoms with Gasteiger partial charge in [-0.1, -0.05) is 0 Å². The Kier molecular flexibility index (Phi) is 5.14. The van der Waals surface area contributed by atoms with Crippen molar-refractivity contribution in [1.82, 2.24) is 39.5 Å². The molecule has 3 aliphatic rings. The first-order valence-corrected chi connectivity index (χ1v) is 11.3. The zero-order chi connectivity index (χ0) is 23.2. The van der Waals surface area contributed by atoms with E-state index in [1.54, 1.807) is 20.7 Å². The van der Waals surface area contributed by atoms with Crippen molar-refractivity contribution in [3.8, 4) is 11.4 Å². The number of amides is 2. The molecule has 3 fully saturated rings. The van der Waals surface area contributed by atoms with E-state index in [0.717, 1.165) is 5.56 Å². The van der Waals surface area contributed by atoms with Crippen LogP contribution in [-0.2, 0) is 21.3 Å². The van der Waals surface area contributed by atoms with Gasteiger partial charge in [-0.05, 0) is 0 Å². The van der Waals surface area contributed by atoms with Gasteiger partial charge in [0.15, 0.2) is 28.6 Å². The molecule has 0 aromatic carbocycles. The van der Waals surface area contributed by atoms with Crippen LogP contribution < -0.4 is 4.90 Å². The number of fused-ring (bicyclic) bond motifs is 2. The van der Waals surface area contributed by atoms with E-state index < -0.39 is 0 Å². The van der Waals surface area contributed by atoms with Gasteiger partial charge in [0.2, 0.25) is 5.91 Å². The number of nitrogens with zero attached hydrogens (tertiary/aromatic N) is 8. The van der Waals surface area contributed by atoms with Gasteiger partial charge in [0.25, 0.3) is 5.91 Å². The molecule has 0 radical (unpaired) electrons. The normalized spacial score (nSPS) is 21.3. The standard InChI is InChI=1S/C21H25N9O4/c1-27-9-13(8-22-27)17-24-18-16(20(26-17)28-4-6-33-7-5-28)23-19(25-18)21(32)29-2-3-30-14(10-29)11-34-12-15(30)31/h8-9,14H,2-7,10-12H2,1H3,(H,23,24,25,26)/t14-/m1/s1. The van der Waals surface area contributed by atoms with Gasteiger partial charge >= 0.3 is 0 Å². The van der Waals surface area contributed by atoms with E-state index in [2.05, 4.69) is 25.0 Å². The van der Waals surface area contributed by atoms with Crippen LogP contribution in [0.25, 0.3) is 22.6 Å². The Morgan fingerprint density at radius 3 is 2.76 bits per heavy atom. The molecule has 13 nitrogen and oxygen atoms in total. The summed E-state index contributed by atoms with van der Waals surface area (Å²) in [4.78, 5) is 48.3. The topological polar surface area (TPSA) is 135 Å². The minimum absolute atomic E-state index is 0.0274. The molecule has 3 saturated heterocycles. The highest BCUT2D eigenvalue weighted by Crippen LogP contribution is 2.27. The summed E-state index contributed by atoms with van der Waals surface area (Å²) in [6.45, 7) is 4.41. The molecule has 0 spiro atoms. The van der Waals surface area contributed by atoms with E-state index in [1.165, 1.54) is 0 Å². The molecule has 3 aliphatic heterocycles. The van der Waals surface area contributed by atoms with Crippen LogP contribution in [0.15, 0.2) is 12.4 Å². The van der Waals surface area contributed by atoms with E-state index in [4.69, 9.17) is 14.5 Å². The second kappa shape index (κ2) is 8.33. The van der Waals surface area contributed by atoms with E-state index in [9.17, 15) is 9.59 Å². The average molecular weight is 467 g/mol. The largest absolute Gasteiger partial charge is 0.378 e. The third-order valence-corrected chi connectivity index (χ3v) is 6.43. The predicted molar refractivity (Wildman–Crippen MR) is 119 cm³/mol. The van der Waals surface area contributed by atoms with Crippen LogP contribution in [0, 0.1) is 0 Å². The first-order valence-electron chi connectivity index (χ1n) is 11.3. The van der Waals surface area contributed by atoms with Gasteiger partial charge in [-0.15, -0.1) is 0 Å². The maximum absolute atomic E-state index is 13.4. The van der Waals surface area contributed by atoms with Crippen molar-refractivity contribution in [2.24, 2.45) is 7.05 Å². The monoisotopic (exact) mass is 467 g/mol. The molecule has 0 saturated carbocycles. The van der Waals surface area contributed by atoms with E-state index in [1.807, 2.05) is 13.2 Å². The number of rotatable bonds is 3. The highest BCUT2D eigenvalue weighted by Gasteiger charge is 2.36. The van der Waals surface area contributed by atoms with Gasteiger partial charge in [0.1, 0.15) is 6.61 Å². The lowest BCUT2D eigenvalue weighted by atomic mass is 10.1. The quantitative estimate of drug-likeness (QED) is 0.529. The van der Waals surface area contributed by atoms with Crippen LogP contribution >= 0.6 is 0 Å².